The van der Waals surface area contributed by atoms with E-state index in [0.717, 1.165) is 25.0 Å². The van der Waals surface area contributed by atoms with Gasteiger partial charge in [-0.05, 0) is 36.3 Å². The molecule has 0 radical (unpaired) electrons. The molecule has 0 unspecified atom stereocenters. The Morgan fingerprint density at radius 3 is 2.42 bits per heavy atom. The number of carbonyl (C=O) groups is 1. The maximum Gasteiger partial charge on any atom is 0.416 e. The molecule has 26 heavy (non-hydrogen) atoms. The van der Waals surface area contributed by atoms with Gasteiger partial charge in [-0.25, -0.2) is 4.98 Å². The molecular formula is C19H28F3N3O. The fourth-order valence-corrected chi connectivity index (χ4v) is 3.21. The average molecular weight is 371 g/mol. The van der Waals surface area contributed by atoms with Crippen molar-refractivity contribution in [1.29, 1.82) is 0 Å². The summed E-state index contributed by atoms with van der Waals surface area (Å²) in [5.41, 5.74) is -0.708. The zero-order valence-electron chi connectivity index (χ0n) is 15.9. The number of piperidine rings is 1. The van der Waals surface area contributed by atoms with Crippen LogP contribution in [0.1, 0.15) is 45.6 Å². The van der Waals surface area contributed by atoms with E-state index in [9.17, 15) is 18.0 Å². The van der Waals surface area contributed by atoms with E-state index in [0.29, 0.717) is 37.8 Å². The molecule has 1 fully saturated rings. The summed E-state index contributed by atoms with van der Waals surface area (Å²) < 4.78 is 38.5. The summed E-state index contributed by atoms with van der Waals surface area (Å²) in [6, 6.07) is 2.07. The van der Waals surface area contributed by atoms with Crippen LogP contribution in [0.15, 0.2) is 18.3 Å². The van der Waals surface area contributed by atoms with E-state index in [-0.39, 0.29) is 11.3 Å². The van der Waals surface area contributed by atoms with Crippen LogP contribution in [0.3, 0.4) is 0 Å². The monoisotopic (exact) mass is 371 g/mol. The molecule has 1 amide bonds. The van der Waals surface area contributed by atoms with Crippen molar-refractivity contribution in [2.24, 2.45) is 11.3 Å². The Labute approximate surface area is 153 Å². The number of pyridine rings is 1. The molecule has 1 aliphatic rings. The van der Waals surface area contributed by atoms with E-state index < -0.39 is 11.7 Å². The second-order valence-electron chi connectivity index (χ2n) is 8.34. The van der Waals surface area contributed by atoms with E-state index in [1.807, 2.05) is 4.90 Å². The first-order valence-electron chi connectivity index (χ1n) is 8.98. The van der Waals surface area contributed by atoms with E-state index in [2.05, 4.69) is 25.8 Å². The highest BCUT2D eigenvalue weighted by Crippen LogP contribution is 2.31. The minimum Gasteiger partial charge on any atom is -0.359 e. The number of hydrogen-bond acceptors (Lipinski definition) is 3. The van der Waals surface area contributed by atoms with Crippen molar-refractivity contribution in [1.82, 2.24) is 9.88 Å². The number of halogens is 3. The zero-order valence-corrected chi connectivity index (χ0v) is 15.9. The molecule has 146 valence electrons. The van der Waals surface area contributed by atoms with Crippen LogP contribution in [0.4, 0.5) is 19.0 Å². The topological polar surface area (TPSA) is 36.4 Å². The van der Waals surface area contributed by atoms with Crippen molar-refractivity contribution in [2.45, 2.75) is 46.2 Å². The SMILES string of the molecule is CN(CC1CCN(C(=O)CC(C)(C)C)CC1)c1cc(C(F)(F)F)ccn1. The highest BCUT2D eigenvalue weighted by atomic mass is 19.4. The smallest absolute Gasteiger partial charge is 0.359 e. The van der Waals surface area contributed by atoms with Crippen LogP contribution in [0.25, 0.3) is 0 Å². The summed E-state index contributed by atoms with van der Waals surface area (Å²) >= 11 is 0. The number of amides is 1. The summed E-state index contributed by atoms with van der Waals surface area (Å²) in [7, 11) is 1.76. The minimum absolute atomic E-state index is 0.0245. The van der Waals surface area contributed by atoms with Crippen molar-refractivity contribution in [3.8, 4) is 0 Å². The Hall–Kier alpha value is -1.79. The van der Waals surface area contributed by atoms with Crippen LogP contribution in [-0.2, 0) is 11.0 Å². The fourth-order valence-electron chi connectivity index (χ4n) is 3.21. The molecular weight excluding hydrogens is 343 g/mol. The van der Waals surface area contributed by atoms with E-state index >= 15 is 0 Å². The third-order valence-electron chi connectivity index (χ3n) is 4.64. The Kier molecular flexibility index (Phi) is 6.19. The molecule has 7 heteroatoms. The second kappa shape index (κ2) is 7.84. The van der Waals surface area contributed by atoms with Crippen LogP contribution in [0.5, 0.6) is 0 Å². The number of hydrogen-bond donors (Lipinski definition) is 0. The van der Waals surface area contributed by atoms with Crippen molar-refractivity contribution in [2.75, 3.05) is 31.6 Å². The molecule has 1 aliphatic heterocycles. The summed E-state index contributed by atoms with van der Waals surface area (Å²) in [5, 5.41) is 0. The first kappa shape index (κ1) is 20.5. The molecule has 0 aliphatic carbocycles. The highest BCUT2D eigenvalue weighted by Gasteiger charge is 2.31. The van der Waals surface area contributed by atoms with Gasteiger partial charge in [-0.3, -0.25) is 4.79 Å². The predicted molar refractivity (Wildman–Crippen MR) is 95.9 cm³/mol. The molecule has 0 bridgehead atoms. The number of anilines is 1. The molecule has 0 N–H and O–H groups in total. The molecule has 4 nitrogen and oxygen atoms in total. The van der Waals surface area contributed by atoms with E-state index in [1.54, 1.807) is 11.9 Å². The fraction of sp³-hybridized carbons (Fsp3) is 0.684. The summed E-state index contributed by atoms with van der Waals surface area (Å²) in [6.07, 6.45) is -0.913. The van der Waals surface area contributed by atoms with Gasteiger partial charge >= 0.3 is 6.18 Å². The molecule has 2 rings (SSSR count). The molecule has 0 saturated carbocycles. The predicted octanol–water partition coefficient (Wildman–Crippen LogP) is 4.21. The van der Waals surface area contributed by atoms with E-state index in [1.165, 1.54) is 6.20 Å². The highest BCUT2D eigenvalue weighted by molar-refractivity contribution is 5.76. The first-order valence-corrected chi connectivity index (χ1v) is 8.98. The maximum atomic E-state index is 12.8. The quantitative estimate of drug-likeness (QED) is 0.795. The number of rotatable bonds is 4. The van der Waals surface area contributed by atoms with Gasteiger partial charge in [-0.1, -0.05) is 20.8 Å². The maximum absolute atomic E-state index is 12.8. The van der Waals surface area contributed by atoms with Gasteiger partial charge in [0.15, 0.2) is 0 Å². The number of alkyl halides is 3. The van der Waals surface area contributed by atoms with Gasteiger partial charge in [0.1, 0.15) is 5.82 Å². The lowest BCUT2D eigenvalue weighted by Crippen LogP contribution is -2.42. The van der Waals surface area contributed by atoms with Crippen LogP contribution in [-0.4, -0.2) is 42.5 Å². The molecule has 0 atom stereocenters. The number of nitrogens with zero attached hydrogens (tertiary/aromatic N) is 3. The Bertz CT molecular complexity index is 617. The largest absolute Gasteiger partial charge is 0.416 e. The standard InChI is InChI=1S/C19H28F3N3O/c1-18(2,3)12-17(26)25-9-6-14(7-10-25)13-24(4)16-11-15(5-8-23-16)19(20,21)22/h5,8,11,14H,6-7,9-10,12-13H2,1-4H3. The minimum atomic E-state index is -4.36. The van der Waals surface area contributed by atoms with Gasteiger partial charge in [-0.2, -0.15) is 13.2 Å². The molecule has 2 heterocycles. The van der Waals surface area contributed by atoms with Gasteiger partial charge < -0.3 is 9.80 Å². The average Bonchev–Trinajstić information content (AvgIpc) is 2.53. The Balaban J connectivity index is 1.88. The van der Waals surface area contributed by atoms with Crippen molar-refractivity contribution >= 4 is 11.7 Å². The molecule has 1 saturated heterocycles. The summed E-state index contributed by atoms with van der Waals surface area (Å²) in [4.78, 5) is 20.0. The summed E-state index contributed by atoms with van der Waals surface area (Å²) in [6.45, 7) is 8.21. The van der Waals surface area contributed by atoms with Gasteiger partial charge in [0.2, 0.25) is 5.91 Å². The van der Waals surface area contributed by atoms with Crippen molar-refractivity contribution < 1.29 is 18.0 Å². The number of aromatic nitrogens is 1. The number of carbonyl (C=O) groups excluding carboxylic acids is 1. The molecule has 0 aromatic carbocycles. The molecule has 1 aromatic heterocycles. The zero-order chi connectivity index (χ0) is 19.5. The van der Waals surface area contributed by atoms with Gasteiger partial charge in [-0.15, -0.1) is 0 Å². The van der Waals surface area contributed by atoms with E-state index in [4.69, 9.17) is 0 Å². The third-order valence-corrected chi connectivity index (χ3v) is 4.64. The van der Waals surface area contributed by atoms with Gasteiger partial charge in [0.05, 0.1) is 5.56 Å². The van der Waals surface area contributed by atoms with Gasteiger partial charge in [0, 0.05) is 39.3 Å². The van der Waals surface area contributed by atoms with Crippen molar-refractivity contribution in [3.63, 3.8) is 0 Å². The van der Waals surface area contributed by atoms with Crippen LogP contribution in [0, 0.1) is 11.3 Å². The summed E-state index contributed by atoms with van der Waals surface area (Å²) in [5.74, 6) is 0.852. The normalized spacial score (nSPS) is 16.7. The second-order valence-corrected chi connectivity index (χ2v) is 8.34. The Morgan fingerprint density at radius 1 is 1.27 bits per heavy atom. The van der Waals surface area contributed by atoms with Crippen molar-refractivity contribution in [3.05, 3.63) is 23.9 Å². The first-order chi connectivity index (χ1) is 12.0. The van der Waals surface area contributed by atoms with Crippen LogP contribution in [0.2, 0.25) is 0 Å². The lowest BCUT2D eigenvalue weighted by molar-refractivity contribution is -0.137. The molecule has 0 spiro atoms. The lowest BCUT2D eigenvalue weighted by Gasteiger charge is -2.35. The third kappa shape index (κ3) is 5.88. The Morgan fingerprint density at radius 2 is 1.88 bits per heavy atom. The number of likely N-dealkylation sites (tertiary alicyclic amines) is 1. The lowest BCUT2D eigenvalue weighted by atomic mass is 9.90. The van der Waals surface area contributed by atoms with Crippen LogP contribution < -0.4 is 4.90 Å². The van der Waals surface area contributed by atoms with Crippen LogP contribution >= 0.6 is 0 Å². The molecule has 1 aromatic rings. The van der Waals surface area contributed by atoms with Gasteiger partial charge in [0.25, 0.3) is 0 Å².